The molecular weight excluding hydrogens is 305 g/mol. The van der Waals surface area contributed by atoms with Gasteiger partial charge in [0, 0.05) is 0 Å². The highest BCUT2D eigenvalue weighted by atomic mass is 32.2. The van der Waals surface area contributed by atoms with E-state index in [4.69, 9.17) is 4.74 Å². The van der Waals surface area contributed by atoms with Crippen LogP contribution >= 0.6 is 0 Å². The number of hydrogen-bond acceptors (Lipinski definition) is 4. The smallest absolute Gasteiger partial charge is 0.205 e. The van der Waals surface area contributed by atoms with Crippen molar-refractivity contribution in [2.45, 2.75) is 23.3 Å². The zero-order valence-corrected chi connectivity index (χ0v) is 12.6. The molecule has 0 aromatic heterocycles. The number of nitrogens with zero attached hydrogens (tertiary/aromatic N) is 1. The first-order valence-electron chi connectivity index (χ1n) is 6.71. The van der Waals surface area contributed by atoms with Crippen LogP contribution in [0, 0.1) is 12.7 Å². The number of benzene rings is 2. The third-order valence-electron chi connectivity index (χ3n) is 3.54. The molecule has 0 aliphatic carbocycles. The van der Waals surface area contributed by atoms with Crippen LogP contribution in [0.25, 0.3) is 0 Å². The number of hydrogen-bond donors (Lipinski definition) is 0. The van der Waals surface area contributed by atoms with Gasteiger partial charge in [-0.2, -0.15) is 0 Å². The van der Waals surface area contributed by atoms with Gasteiger partial charge in [-0.25, -0.2) is 17.8 Å². The maximum Gasteiger partial charge on any atom is 0.205 e. The highest BCUT2D eigenvalue weighted by Gasteiger charge is 2.39. The van der Waals surface area contributed by atoms with Gasteiger partial charge < -0.3 is 4.74 Å². The summed E-state index contributed by atoms with van der Waals surface area (Å²) < 4.78 is 43.8. The van der Waals surface area contributed by atoms with Crippen molar-refractivity contribution < 1.29 is 17.5 Å². The maximum atomic E-state index is 13.0. The lowest BCUT2D eigenvalue weighted by Crippen LogP contribution is -2.24. The molecule has 0 radical (unpaired) electrons. The molecule has 0 spiro atoms. The van der Waals surface area contributed by atoms with E-state index in [-0.39, 0.29) is 10.7 Å². The molecule has 0 N–H and O–H groups in total. The summed E-state index contributed by atoms with van der Waals surface area (Å²) in [6.45, 7) is 1.88. The van der Waals surface area contributed by atoms with Gasteiger partial charge in [0.05, 0.1) is 4.90 Å². The van der Waals surface area contributed by atoms with Crippen LogP contribution in [-0.2, 0) is 14.6 Å². The Morgan fingerprint density at radius 2 is 1.68 bits per heavy atom. The summed E-state index contributed by atoms with van der Waals surface area (Å²) in [7, 11) is -3.68. The summed E-state index contributed by atoms with van der Waals surface area (Å²) in [6, 6.07) is 12.1. The van der Waals surface area contributed by atoms with Crippen LogP contribution in [0.1, 0.15) is 17.2 Å². The quantitative estimate of drug-likeness (QED) is 0.874. The largest absolute Gasteiger partial charge is 0.472 e. The molecule has 2 aromatic carbocycles. The first-order chi connectivity index (χ1) is 10.5. The second-order valence-corrected chi connectivity index (χ2v) is 7.16. The molecule has 0 fully saturated rings. The van der Waals surface area contributed by atoms with Crippen LogP contribution in [0.15, 0.2) is 58.4 Å². The summed E-state index contributed by atoms with van der Waals surface area (Å²) in [5.41, 5.74) is 1.54. The van der Waals surface area contributed by atoms with Gasteiger partial charge in [-0.15, -0.1) is 0 Å². The molecule has 6 heteroatoms. The van der Waals surface area contributed by atoms with Crippen molar-refractivity contribution >= 4 is 16.2 Å². The van der Waals surface area contributed by atoms with Crippen LogP contribution in [0.3, 0.4) is 0 Å². The topological polar surface area (TPSA) is 55.7 Å². The summed E-state index contributed by atoms with van der Waals surface area (Å²) in [5.74, 6) is -0.388. The highest BCUT2D eigenvalue weighted by molar-refractivity contribution is 7.92. The monoisotopic (exact) mass is 319 g/mol. The first-order valence-corrected chi connectivity index (χ1v) is 8.26. The predicted molar refractivity (Wildman–Crippen MR) is 80.9 cm³/mol. The van der Waals surface area contributed by atoms with Crippen molar-refractivity contribution in [3.8, 4) is 0 Å². The third kappa shape index (κ3) is 2.62. The van der Waals surface area contributed by atoms with Crippen LogP contribution in [0.5, 0.6) is 0 Å². The molecule has 1 aliphatic heterocycles. The Bertz CT molecular complexity index is 798. The normalized spacial score (nSPS) is 20.8. The number of halogens is 1. The lowest BCUT2D eigenvalue weighted by Gasteiger charge is -2.18. The molecule has 0 saturated carbocycles. The molecule has 4 nitrogen and oxygen atoms in total. The Kier molecular flexibility index (Phi) is 3.70. The fraction of sp³-hybridized carbons (Fsp3) is 0.188. The summed E-state index contributed by atoms with van der Waals surface area (Å²) >= 11 is 0. The molecule has 114 valence electrons. The van der Waals surface area contributed by atoms with E-state index in [0.29, 0.717) is 5.56 Å². The SMILES string of the molecule is Cc1ccc(S(=O)(=O)[C@H]2N=CO[C@@H]2c2ccc(F)cc2)cc1. The van der Waals surface area contributed by atoms with Gasteiger partial charge in [0.15, 0.2) is 17.9 Å². The van der Waals surface area contributed by atoms with Gasteiger partial charge in [-0.1, -0.05) is 29.8 Å². The van der Waals surface area contributed by atoms with E-state index in [1.165, 1.54) is 24.3 Å². The van der Waals surface area contributed by atoms with Gasteiger partial charge in [-0.05, 0) is 36.8 Å². The van der Waals surface area contributed by atoms with Crippen molar-refractivity contribution in [3.05, 3.63) is 65.5 Å². The van der Waals surface area contributed by atoms with Crippen molar-refractivity contribution in [1.29, 1.82) is 0 Å². The van der Waals surface area contributed by atoms with E-state index >= 15 is 0 Å². The Labute approximate surface area is 128 Å². The van der Waals surface area contributed by atoms with Crippen LogP contribution in [-0.4, -0.2) is 20.2 Å². The number of ether oxygens (including phenoxy) is 1. The molecular formula is C16H14FNO3S. The van der Waals surface area contributed by atoms with Crippen molar-refractivity contribution in [1.82, 2.24) is 0 Å². The van der Waals surface area contributed by atoms with Crippen molar-refractivity contribution in [2.24, 2.45) is 4.99 Å². The van der Waals surface area contributed by atoms with Crippen molar-refractivity contribution in [2.75, 3.05) is 0 Å². The van der Waals surface area contributed by atoms with E-state index in [0.717, 1.165) is 12.0 Å². The molecule has 1 heterocycles. The molecule has 0 amide bonds. The van der Waals surface area contributed by atoms with E-state index < -0.39 is 21.3 Å². The standard InChI is InChI=1S/C16H14FNO3S/c1-11-2-8-14(9-3-11)22(19,20)16-15(21-10-18-16)12-4-6-13(17)7-5-12/h2-10,15-16H,1H3/t15-,16-/m1/s1. The van der Waals surface area contributed by atoms with Crippen LogP contribution < -0.4 is 0 Å². The minimum Gasteiger partial charge on any atom is -0.472 e. The van der Waals surface area contributed by atoms with Gasteiger partial charge in [-0.3, -0.25) is 0 Å². The second-order valence-electron chi connectivity index (χ2n) is 5.11. The summed E-state index contributed by atoms with van der Waals surface area (Å²) in [5, 5.41) is -1.07. The summed E-state index contributed by atoms with van der Waals surface area (Å²) in [6.07, 6.45) is 0.372. The molecule has 2 atom stereocenters. The minimum absolute atomic E-state index is 0.192. The predicted octanol–water partition coefficient (Wildman–Crippen LogP) is 3.03. The van der Waals surface area contributed by atoms with Gasteiger partial charge in [0.25, 0.3) is 0 Å². The fourth-order valence-electron chi connectivity index (χ4n) is 2.31. The third-order valence-corrected chi connectivity index (χ3v) is 5.47. The van der Waals surface area contributed by atoms with E-state index in [1.54, 1.807) is 24.3 Å². The van der Waals surface area contributed by atoms with E-state index in [2.05, 4.69) is 4.99 Å². The first kappa shape index (κ1) is 14.7. The molecule has 3 rings (SSSR count). The van der Waals surface area contributed by atoms with Gasteiger partial charge in [0.1, 0.15) is 5.82 Å². The summed E-state index contributed by atoms with van der Waals surface area (Å²) in [4.78, 5) is 4.15. The maximum absolute atomic E-state index is 13.0. The lowest BCUT2D eigenvalue weighted by atomic mass is 10.1. The van der Waals surface area contributed by atoms with Crippen molar-refractivity contribution in [3.63, 3.8) is 0 Å². The van der Waals surface area contributed by atoms with E-state index in [9.17, 15) is 12.8 Å². The zero-order valence-electron chi connectivity index (χ0n) is 11.8. The Morgan fingerprint density at radius 3 is 2.32 bits per heavy atom. The van der Waals surface area contributed by atoms with Gasteiger partial charge >= 0.3 is 0 Å². The molecule has 0 bridgehead atoms. The minimum atomic E-state index is -3.68. The zero-order chi connectivity index (χ0) is 15.7. The van der Waals surface area contributed by atoms with Crippen LogP contribution in [0.4, 0.5) is 4.39 Å². The average Bonchev–Trinajstić information content (AvgIpc) is 2.99. The molecule has 1 aliphatic rings. The van der Waals surface area contributed by atoms with E-state index in [1.807, 2.05) is 6.92 Å². The lowest BCUT2D eigenvalue weighted by molar-refractivity contribution is 0.227. The molecule has 0 unspecified atom stereocenters. The number of rotatable bonds is 3. The Balaban J connectivity index is 1.96. The molecule has 22 heavy (non-hydrogen) atoms. The van der Waals surface area contributed by atoms with Gasteiger partial charge in [0.2, 0.25) is 9.84 Å². The fourth-order valence-corrected chi connectivity index (χ4v) is 3.86. The van der Waals surface area contributed by atoms with Crippen LogP contribution in [0.2, 0.25) is 0 Å². The molecule has 0 saturated heterocycles. The Morgan fingerprint density at radius 1 is 1.05 bits per heavy atom. The number of sulfone groups is 1. The number of aryl methyl sites for hydroxylation is 1. The second kappa shape index (κ2) is 5.53. The molecule has 2 aromatic rings. The number of aliphatic imine (C=N–C) groups is 1. The highest BCUT2D eigenvalue weighted by Crippen LogP contribution is 2.33. The average molecular weight is 319 g/mol. The Hall–Kier alpha value is -2.21.